The molecule has 184 valence electrons. The van der Waals surface area contributed by atoms with Crippen LogP contribution in [0.25, 0.3) is 0 Å². The van der Waals surface area contributed by atoms with E-state index in [4.69, 9.17) is 4.74 Å². The Morgan fingerprint density at radius 2 is 1.76 bits per heavy atom. The molecule has 0 aromatic heterocycles. The molecule has 0 amide bonds. The lowest BCUT2D eigenvalue weighted by molar-refractivity contribution is -0.152. The highest BCUT2D eigenvalue weighted by Crippen LogP contribution is 2.66. The first-order chi connectivity index (χ1) is 15.6. The topological polar surface area (TPSA) is 26.3 Å². The first kappa shape index (κ1) is 24.9. The molecule has 4 rings (SSSR count). The Kier molecular flexibility index (Phi) is 7.11. The number of esters is 1. The van der Waals surface area contributed by atoms with Gasteiger partial charge >= 0.3 is 5.97 Å². The summed E-state index contributed by atoms with van der Waals surface area (Å²) in [6.07, 6.45) is 13.8. The van der Waals surface area contributed by atoms with Crippen LogP contribution < -0.4 is 0 Å². The van der Waals surface area contributed by atoms with Crippen molar-refractivity contribution in [2.45, 2.75) is 112 Å². The number of carbonyl (C=O) groups excluding carboxylic acids is 1. The molecule has 0 saturated heterocycles. The molecule has 0 spiro atoms. The lowest BCUT2D eigenvalue weighted by Crippen LogP contribution is -2.50. The summed E-state index contributed by atoms with van der Waals surface area (Å²) in [5.74, 6) is 11.9. The fraction of sp³-hybridized carbons (Fsp3) is 0.839. The van der Waals surface area contributed by atoms with E-state index in [1.807, 2.05) is 5.57 Å². The van der Waals surface area contributed by atoms with Gasteiger partial charge in [-0.05, 0) is 98.2 Å². The molecule has 3 fully saturated rings. The van der Waals surface area contributed by atoms with Crippen LogP contribution in [-0.2, 0) is 9.53 Å². The predicted molar refractivity (Wildman–Crippen MR) is 136 cm³/mol. The van der Waals surface area contributed by atoms with E-state index in [-0.39, 0.29) is 12.1 Å². The molecule has 2 heteroatoms. The van der Waals surface area contributed by atoms with Crippen molar-refractivity contribution in [1.29, 1.82) is 0 Å². The van der Waals surface area contributed by atoms with Crippen LogP contribution in [0.2, 0.25) is 0 Å². The average molecular weight is 453 g/mol. The van der Waals surface area contributed by atoms with Crippen molar-refractivity contribution in [3.63, 3.8) is 0 Å². The average Bonchev–Trinajstić information content (AvgIpc) is 3.11. The summed E-state index contributed by atoms with van der Waals surface area (Å²) >= 11 is 0. The standard InChI is InChI=1S/C31H48O2/c1-8-23(20(2)3)10-9-21(4)27-13-14-28-26-12-11-24-19-25(33-22(5)32)15-17-30(24,6)29(26)16-18-31(27,28)7/h12,20-21,23-25,27-29H,8,11,13-19H2,1-7H3/t21-,23+,24+,25+,27-,28+,29+,30+,31-/m1/s1. The van der Waals surface area contributed by atoms with E-state index >= 15 is 0 Å². The van der Waals surface area contributed by atoms with Crippen LogP contribution in [0.4, 0.5) is 0 Å². The number of hydrogen-bond donors (Lipinski definition) is 0. The van der Waals surface area contributed by atoms with Gasteiger partial charge in [0.1, 0.15) is 6.10 Å². The zero-order valence-electron chi connectivity index (χ0n) is 22.4. The third kappa shape index (κ3) is 4.44. The quantitative estimate of drug-likeness (QED) is 0.247. The molecule has 0 N–H and O–H groups in total. The highest BCUT2D eigenvalue weighted by molar-refractivity contribution is 5.66. The maximum atomic E-state index is 11.5. The number of fused-ring (bicyclic) bond motifs is 5. The molecule has 4 aliphatic carbocycles. The summed E-state index contributed by atoms with van der Waals surface area (Å²) in [6, 6.07) is 0. The van der Waals surface area contributed by atoms with E-state index in [1.54, 1.807) is 6.92 Å². The molecule has 0 aromatic rings. The molecule has 0 radical (unpaired) electrons. The summed E-state index contributed by atoms with van der Waals surface area (Å²) in [5, 5.41) is 0. The van der Waals surface area contributed by atoms with Gasteiger partial charge in [-0.1, -0.05) is 65.0 Å². The minimum atomic E-state index is -0.114. The highest BCUT2D eigenvalue weighted by atomic mass is 16.5. The molecule has 0 aliphatic heterocycles. The third-order valence-corrected chi connectivity index (χ3v) is 10.8. The van der Waals surface area contributed by atoms with Gasteiger partial charge in [0.15, 0.2) is 0 Å². The largest absolute Gasteiger partial charge is 0.463 e. The maximum Gasteiger partial charge on any atom is 0.302 e. The van der Waals surface area contributed by atoms with Gasteiger partial charge in [0, 0.05) is 18.8 Å². The molecule has 0 heterocycles. The summed E-state index contributed by atoms with van der Waals surface area (Å²) in [5.41, 5.74) is 2.61. The third-order valence-electron chi connectivity index (χ3n) is 10.8. The smallest absolute Gasteiger partial charge is 0.302 e. The zero-order chi connectivity index (χ0) is 24.0. The zero-order valence-corrected chi connectivity index (χ0v) is 22.4. The Labute approximate surface area is 203 Å². The second kappa shape index (κ2) is 9.43. The normalized spacial score (nSPS) is 41.6. The fourth-order valence-corrected chi connectivity index (χ4v) is 8.76. The van der Waals surface area contributed by atoms with Crippen LogP contribution in [-0.4, -0.2) is 12.1 Å². The van der Waals surface area contributed by atoms with E-state index < -0.39 is 0 Å². The first-order valence-corrected chi connectivity index (χ1v) is 14.0. The minimum Gasteiger partial charge on any atom is -0.463 e. The first-order valence-electron chi connectivity index (χ1n) is 14.0. The van der Waals surface area contributed by atoms with E-state index in [0.717, 1.165) is 37.0 Å². The number of hydrogen-bond acceptors (Lipinski definition) is 2. The molecular formula is C31H48O2. The van der Waals surface area contributed by atoms with Crippen LogP contribution in [0.15, 0.2) is 11.6 Å². The summed E-state index contributed by atoms with van der Waals surface area (Å²) in [6.45, 7) is 16.0. The molecule has 3 saturated carbocycles. The number of rotatable bonds is 4. The van der Waals surface area contributed by atoms with Crippen molar-refractivity contribution in [2.24, 2.45) is 52.3 Å². The van der Waals surface area contributed by atoms with Gasteiger partial charge in [0.2, 0.25) is 0 Å². The van der Waals surface area contributed by atoms with Gasteiger partial charge in [-0.25, -0.2) is 0 Å². The van der Waals surface area contributed by atoms with Crippen LogP contribution in [0.3, 0.4) is 0 Å². The van der Waals surface area contributed by atoms with Gasteiger partial charge in [-0.15, -0.1) is 0 Å². The Morgan fingerprint density at radius 3 is 2.42 bits per heavy atom. The molecule has 0 aromatic carbocycles. The van der Waals surface area contributed by atoms with Crippen molar-refractivity contribution in [2.75, 3.05) is 0 Å². The van der Waals surface area contributed by atoms with E-state index in [9.17, 15) is 4.79 Å². The van der Waals surface area contributed by atoms with Gasteiger partial charge in [0.25, 0.3) is 0 Å². The minimum absolute atomic E-state index is 0.114. The van der Waals surface area contributed by atoms with Crippen LogP contribution >= 0.6 is 0 Å². The fourth-order valence-electron chi connectivity index (χ4n) is 8.76. The predicted octanol–water partition coefficient (Wildman–Crippen LogP) is 7.82. The van der Waals surface area contributed by atoms with Crippen molar-refractivity contribution >= 4 is 5.97 Å². The second-order valence-corrected chi connectivity index (χ2v) is 12.8. The Hall–Kier alpha value is -1.23. The highest BCUT2D eigenvalue weighted by Gasteiger charge is 2.58. The summed E-state index contributed by atoms with van der Waals surface area (Å²) in [4.78, 5) is 11.5. The summed E-state index contributed by atoms with van der Waals surface area (Å²) in [7, 11) is 0. The van der Waals surface area contributed by atoms with Gasteiger partial charge in [-0.2, -0.15) is 0 Å². The summed E-state index contributed by atoms with van der Waals surface area (Å²) < 4.78 is 5.64. The monoisotopic (exact) mass is 452 g/mol. The Bertz CT molecular complexity index is 828. The van der Waals surface area contributed by atoms with Crippen LogP contribution in [0, 0.1) is 64.1 Å². The van der Waals surface area contributed by atoms with Crippen molar-refractivity contribution in [1.82, 2.24) is 0 Å². The van der Waals surface area contributed by atoms with Crippen molar-refractivity contribution in [3.05, 3.63) is 11.6 Å². The van der Waals surface area contributed by atoms with Gasteiger partial charge in [0.05, 0.1) is 0 Å². The molecule has 0 bridgehead atoms. The van der Waals surface area contributed by atoms with Crippen LogP contribution in [0.1, 0.15) is 106 Å². The lowest BCUT2D eigenvalue weighted by Gasteiger charge is -2.57. The Morgan fingerprint density at radius 1 is 1.06 bits per heavy atom. The number of allylic oxidation sites excluding steroid dienone is 2. The van der Waals surface area contributed by atoms with E-state index in [2.05, 4.69) is 59.5 Å². The molecule has 2 nitrogen and oxygen atoms in total. The number of carbonyl (C=O) groups is 1. The van der Waals surface area contributed by atoms with E-state index in [1.165, 1.54) is 38.5 Å². The number of ether oxygens (including phenoxy) is 1. The Balaban J connectivity index is 1.51. The SMILES string of the molecule is CC[C@@H](C#C[C@@H](C)[C@H]1CC[C@H]2C3=CC[C@H]4C[C@@H](OC(C)=O)CC[C@]4(C)[C@H]3CC[C@]12C)C(C)C. The lowest BCUT2D eigenvalue weighted by atomic mass is 9.47. The van der Waals surface area contributed by atoms with Crippen LogP contribution in [0.5, 0.6) is 0 Å². The maximum absolute atomic E-state index is 11.5. The second-order valence-electron chi connectivity index (χ2n) is 12.8. The van der Waals surface area contributed by atoms with Gasteiger partial charge in [-0.3, -0.25) is 4.79 Å². The molecular weight excluding hydrogens is 404 g/mol. The van der Waals surface area contributed by atoms with Gasteiger partial charge < -0.3 is 4.74 Å². The molecule has 4 aliphatic rings. The molecule has 0 unspecified atom stereocenters. The molecule has 33 heavy (non-hydrogen) atoms. The van der Waals surface area contributed by atoms with E-state index in [0.29, 0.717) is 34.5 Å². The molecule has 9 atom stereocenters. The van der Waals surface area contributed by atoms with Crippen molar-refractivity contribution in [3.8, 4) is 11.8 Å². The van der Waals surface area contributed by atoms with Crippen molar-refractivity contribution < 1.29 is 9.53 Å².